The van der Waals surface area contributed by atoms with Crippen LogP contribution in [0.25, 0.3) is 11.3 Å². The predicted molar refractivity (Wildman–Crippen MR) is 88.3 cm³/mol. The standard InChI is InChI=1S/C18H25N3O/c1-6-17(14-7-8-14)21-10-16(20-18(21)22-5)15-9-11(2)12(3)19-13(15)4/h9-10,14,17H,6-8H2,1-5H3. The van der Waals surface area contributed by atoms with Gasteiger partial charge in [0.25, 0.3) is 6.01 Å². The van der Waals surface area contributed by atoms with Crippen molar-refractivity contribution in [3.05, 3.63) is 29.2 Å². The number of methoxy groups -OCH3 is 1. The molecule has 0 saturated heterocycles. The van der Waals surface area contributed by atoms with Gasteiger partial charge in [-0.3, -0.25) is 9.55 Å². The number of pyridine rings is 1. The molecule has 1 aliphatic carbocycles. The monoisotopic (exact) mass is 299 g/mol. The molecule has 1 unspecified atom stereocenters. The highest BCUT2D eigenvalue weighted by molar-refractivity contribution is 5.63. The van der Waals surface area contributed by atoms with E-state index in [1.165, 1.54) is 18.4 Å². The molecule has 4 nitrogen and oxygen atoms in total. The fraction of sp³-hybridized carbons (Fsp3) is 0.556. The van der Waals surface area contributed by atoms with E-state index in [2.05, 4.69) is 35.7 Å². The van der Waals surface area contributed by atoms with Crippen LogP contribution in [0.2, 0.25) is 0 Å². The minimum absolute atomic E-state index is 0.496. The van der Waals surface area contributed by atoms with Crippen LogP contribution in [0.15, 0.2) is 12.3 Å². The van der Waals surface area contributed by atoms with Gasteiger partial charge in [-0.2, -0.15) is 4.98 Å². The second kappa shape index (κ2) is 5.75. The Labute approximate surface area is 132 Å². The van der Waals surface area contributed by atoms with Crippen LogP contribution in [0.3, 0.4) is 0 Å². The van der Waals surface area contributed by atoms with E-state index in [0.29, 0.717) is 12.1 Å². The van der Waals surface area contributed by atoms with Gasteiger partial charge in [-0.05, 0) is 57.6 Å². The van der Waals surface area contributed by atoms with Crippen LogP contribution in [0.5, 0.6) is 6.01 Å². The number of aryl methyl sites for hydroxylation is 3. The first-order valence-corrected chi connectivity index (χ1v) is 8.13. The van der Waals surface area contributed by atoms with Crippen molar-refractivity contribution in [3.63, 3.8) is 0 Å². The van der Waals surface area contributed by atoms with Crippen molar-refractivity contribution >= 4 is 0 Å². The fourth-order valence-corrected chi connectivity index (χ4v) is 3.22. The number of aromatic nitrogens is 3. The van der Waals surface area contributed by atoms with Crippen molar-refractivity contribution in [1.82, 2.24) is 14.5 Å². The van der Waals surface area contributed by atoms with Gasteiger partial charge in [0.05, 0.1) is 12.8 Å². The maximum absolute atomic E-state index is 5.53. The van der Waals surface area contributed by atoms with Gasteiger partial charge < -0.3 is 4.74 Å². The molecule has 0 aliphatic heterocycles. The first kappa shape index (κ1) is 15.1. The summed E-state index contributed by atoms with van der Waals surface area (Å²) in [6.07, 6.45) is 5.89. The van der Waals surface area contributed by atoms with Crippen LogP contribution in [-0.4, -0.2) is 21.6 Å². The van der Waals surface area contributed by atoms with Crippen LogP contribution in [0.4, 0.5) is 0 Å². The van der Waals surface area contributed by atoms with Crippen molar-refractivity contribution in [2.45, 2.75) is 53.0 Å². The molecule has 2 aromatic rings. The Hall–Kier alpha value is -1.84. The van der Waals surface area contributed by atoms with Gasteiger partial charge in [0.1, 0.15) is 0 Å². The number of nitrogens with zero attached hydrogens (tertiary/aromatic N) is 3. The third-order valence-corrected chi connectivity index (χ3v) is 4.76. The van der Waals surface area contributed by atoms with E-state index in [0.717, 1.165) is 35.0 Å². The highest BCUT2D eigenvalue weighted by Gasteiger charge is 2.33. The minimum atomic E-state index is 0.496. The summed E-state index contributed by atoms with van der Waals surface area (Å²) in [6, 6.07) is 3.39. The molecule has 1 atom stereocenters. The van der Waals surface area contributed by atoms with E-state index in [1.807, 2.05) is 13.8 Å². The third-order valence-electron chi connectivity index (χ3n) is 4.76. The molecule has 0 radical (unpaired) electrons. The van der Waals surface area contributed by atoms with Crippen molar-refractivity contribution in [2.75, 3.05) is 7.11 Å². The molecule has 118 valence electrons. The molecule has 2 heterocycles. The van der Waals surface area contributed by atoms with Crippen LogP contribution >= 0.6 is 0 Å². The Morgan fingerprint density at radius 2 is 1.95 bits per heavy atom. The second-order valence-electron chi connectivity index (χ2n) is 6.36. The quantitative estimate of drug-likeness (QED) is 0.829. The van der Waals surface area contributed by atoms with E-state index in [1.54, 1.807) is 7.11 Å². The number of hydrogen-bond acceptors (Lipinski definition) is 3. The molecule has 1 saturated carbocycles. The summed E-state index contributed by atoms with van der Waals surface area (Å²) in [7, 11) is 1.70. The van der Waals surface area contributed by atoms with Crippen molar-refractivity contribution < 1.29 is 4.74 Å². The summed E-state index contributed by atoms with van der Waals surface area (Å²) in [5.74, 6) is 0.778. The number of hydrogen-bond donors (Lipinski definition) is 0. The Morgan fingerprint density at radius 1 is 1.23 bits per heavy atom. The molecule has 0 spiro atoms. The van der Waals surface area contributed by atoms with Gasteiger partial charge in [0, 0.05) is 29.2 Å². The molecule has 3 rings (SSSR count). The average molecular weight is 299 g/mol. The average Bonchev–Trinajstić information content (AvgIpc) is 3.23. The van der Waals surface area contributed by atoms with E-state index in [4.69, 9.17) is 9.72 Å². The molecule has 1 aliphatic rings. The highest BCUT2D eigenvalue weighted by Crippen LogP contribution is 2.43. The Balaban J connectivity index is 2.05. The van der Waals surface area contributed by atoms with Crippen LogP contribution in [-0.2, 0) is 0 Å². The first-order valence-electron chi connectivity index (χ1n) is 8.13. The molecule has 0 aromatic carbocycles. The van der Waals surface area contributed by atoms with Gasteiger partial charge in [-0.25, -0.2) is 0 Å². The SMILES string of the molecule is CCC(C1CC1)n1cc(-c2cc(C)c(C)nc2C)nc1OC. The zero-order valence-electron chi connectivity index (χ0n) is 14.2. The topological polar surface area (TPSA) is 39.9 Å². The lowest BCUT2D eigenvalue weighted by Crippen LogP contribution is -2.10. The maximum Gasteiger partial charge on any atom is 0.296 e. The normalized spacial score (nSPS) is 15.9. The lowest BCUT2D eigenvalue weighted by molar-refractivity contribution is 0.318. The van der Waals surface area contributed by atoms with Gasteiger partial charge in [-0.1, -0.05) is 6.92 Å². The Kier molecular flexibility index (Phi) is 3.94. The van der Waals surface area contributed by atoms with Crippen molar-refractivity contribution in [1.29, 1.82) is 0 Å². The number of rotatable bonds is 5. The molecule has 4 heteroatoms. The molecule has 1 fully saturated rings. The summed E-state index contributed by atoms with van der Waals surface area (Å²) in [6.45, 7) is 8.43. The summed E-state index contributed by atoms with van der Waals surface area (Å²) >= 11 is 0. The van der Waals surface area contributed by atoms with Gasteiger partial charge in [0.15, 0.2) is 0 Å². The van der Waals surface area contributed by atoms with E-state index in [-0.39, 0.29) is 0 Å². The van der Waals surface area contributed by atoms with Crippen molar-refractivity contribution in [3.8, 4) is 17.3 Å². The summed E-state index contributed by atoms with van der Waals surface area (Å²) < 4.78 is 7.76. The lowest BCUT2D eigenvalue weighted by Gasteiger charge is -2.17. The molecule has 0 amide bonds. The largest absolute Gasteiger partial charge is 0.468 e. The fourth-order valence-electron chi connectivity index (χ4n) is 3.22. The Bertz CT molecular complexity index is 686. The van der Waals surface area contributed by atoms with E-state index >= 15 is 0 Å². The zero-order chi connectivity index (χ0) is 15.9. The lowest BCUT2D eigenvalue weighted by atomic mass is 10.1. The molecule has 22 heavy (non-hydrogen) atoms. The third kappa shape index (κ3) is 2.62. The van der Waals surface area contributed by atoms with Gasteiger partial charge >= 0.3 is 0 Å². The molecule has 0 N–H and O–H groups in total. The van der Waals surface area contributed by atoms with E-state index < -0.39 is 0 Å². The second-order valence-corrected chi connectivity index (χ2v) is 6.36. The van der Waals surface area contributed by atoms with E-state index in [9.17, 15) is 0 Å². The van der Waals surface area contributed by atoms with Crippen LogP contribution < -0.4 is 4.74 Å². The van der Waals surface area contributed by atoms with Gasteiger partial charge in [-0.15, -0.1) is 0 Å². The molecular formula is C18H25N3O. The maximum atomic E-state index is 5.53. The summed E-state index contributed by atoms with van der Waals surface area (Å²) in [5.41, 5.74) is 5.37. The van der Waals surface area contributed by atoms with Crippen molar-refractivity contribution in [2.24, 2.45) is 5.92 Å². The number of ether oxygens (including phenoxy) is 1. The Morgan fingerprint density at radius 3 is 2.55 bits per heavy atom. The zero-order valence-corrected chi connectivity index (χ0v) is 14.2. The number of imidazole rings is 1. The summed E-state index contributed by atoms with van der Waals surface area (Å²) in [5, 5.41) is 0. The summed E-state index contributed by atoms with van der Waals surface area (Å²) in [4.78, 5) is 9.35. The highest BCUT2D eigenvalue weighted by atomic mass is 16.5. The van der Waals surface area contributed by atoms with Crippen LogP contribution in [0, 0.1) is 26.7 Å². The van der Waals surface area contributed by atoms with Crippen LogP contribution in [0.1, 0.15) is 49.2 Å². The minimum Gasteiger partial charge on any atom is -0.468 e. The van der Waals surface area contributed by atoms with Gasteiger partial charge in [0.2, 0.25) is 0 Å². The first-order chi connectivity index (χ1) is 10.5. The predicted octanol–water partition coefficient (Wildman–Crippen LogP) is 4.24. The molecule has 2 aromatic heterocycles. The smallest absolute Gasteiger partial charge is 0.296 e. The molecular weight excluding hydrogens is 274 g/mol. The molecule has 0 bridgehead atoms.